The molecule has 0 aromatic carbocycles. The van der Waals surface area contributed by atoms with E-state index in [1.165, 1.54) is 0 Å². The first-order valence-electron chi connectivity index (χ1n) is 5.23. The van der Waals surface area contributed by atoms with Gasteiger partial charge in [-0.15, -0.1) is 0 Å². The van der Waals surface area contributed by atoms with Crippen LogP contribution in [0.1, 0.15) is 32.1 Å². The first kappa shape index (κ1) is 9.93. The molecule has 2 fully saturated rings. The molecule has 0 aromatic heterocycles. The third-order valence-electron chi connectivity index (χ3n) is 3.10. The van der Waals surface area contributed by atoms with Crippen molar-refractivity contribution in [3.8, 4) is 0 Å². The Labute approximate surface area is 83.2 Å². The quantitative estimate of drug-likeness (QED) is 0.732. The first-order valence-corrected chi connectivity index (χ1v) is 5.23. The lowest BCUT2D eigenvalue weighted by Gasteiger charge is -2.38. The molecule has 4 heteroatoms. The highest BCUT2D eigenvalue weighted by molar-refractivity contribution is 5.67. The number of aliphatic carboxylic acids is 1. The lowest BCUT2D eigenvalue weighted by molar-refractivity contribution is -0.284. The molecule has 0 bridgehead atoms. The van der Waals surface area contributed by atoms with Gasteiger partial charge in [0.2, 0.25) is 0 Å². The minimum absolute atomic E-state index is 0.0419. The number of carboxylic acids is 1. The van der Waals surface area contributed by atoms with Crippen LogP contribution in [0.2, 0.25) is 0 Å². The maximum absolute atomic E-state index is 10.7. The van der Waals surface area contributed by atoms with Gasteiger partial charge >= 0.3 is 5.97 Å². The molecule has 80 valence electrons. The molecule has 1 atom stereocenters. The van der Waals surface area contributed by atoms with Crippen LogP contribution in [0, 0.1) is 5.92 Å². The van der Waals surface area contributed by atoms with Crippen molar-refractivity contribution in [1.82, 2.24) is 0 Å². The van der Waals surface area contributed by atoms with Gasteiger partial charge in [-0.05, 0) is 19.3 Å². The molecular formula is C10H16O4. The van der Waals surface area contributed by atoms with Gasteiger partial charge in [-0.3, -0.25) is 4.79 Å². The Morgan fingerprint density at radius 1 is 1.36 bits per heavy atom. The Kier molecular flexibility index (Phi) is 2.74. The predicted octanol–water partition coefficient (Wildman–Crippen LogP) is 1.39. The van der Waals surface area contributed by atoms with Crippen LogP contribution in [-0.2, 0) is 14.3 Å². The van der Waals surface area contributed by atoms with Crippen LogP contribution in [0.4, 0.5) is 0 Å². The average molecular weight is 200 g/mol. The summed E-state index contributed by atoms with van der Waals surface area (Å²) in [5.74, 6) is -1.27. The topological polar surface area (TPSA) is 55.8 Å². The number of carboxylic acid groups (broad SMARTS) is 1. The monoisotopic (exact) mass is 200 g/mol. The van der Waals surface area contributed by atoms with Crippen molar-refractivity contribution in [2.45, 2.75) is 37.9 Å². The van der Waals surface area contributed by atoms with Crippen LogP contribution in [0.3, 0.4) is 0 Å². The first-order chi connectivity index (χ1) is 6.73. The van der Waals surface area contributed by atoms with Crippen molar-refractivity contribution in [3.05, 3.63) is 0 Å². The summed E-state index contributed by atoms with van der Waals surface area (Å²) in [7, 11) is 0. The van der Waals surface area contributed by atoms with Crippen molar-refractivity contribution in [2.24, 2.45) is 5.92 Å². The summed E-state index contributed by atoms with van der Waals surface area (Å²) in [5, 5.41) is 8.78. The van der Waals surface area contributed by atoms with Crippen LogP contribution in [0.25, 0.3) is 0 Å². The largest absolute Gasteiger partial charge is 0.481 e. The van der Waals surface area contributed by atoms with Crippen molar-refractivity contribution >= 4 is 5.97 Å². The van der Waals surface area contributed by atoms with Gasteiger partial charge in [0.25, 0.3) is 0 Å². The summed E-state index contributed by atoms with van der Waals surface area (Å²) < 4.78 is 11.3. The van der Waals surface area contributed by atoms with Crippen LogP contribution >= 0.6 is 0 Å². The highest BCUT2D eigenvalue weighted by atomic mass is 16.7. The van der Waals surface area contributed by atoms with E-state index < -0.39 is 11.8 Å². The van der Waals surface area contributed by atoms with Gasteiger partial charge in [-0.25, -0.2) is 0 Å². The highest BCUT2D eigenvalue weighted by Crippen LogP contribution is 2.43. The molecule has 1 spiro atoms. The van der Waals surface area contributed by atoms with E-state index in [1.54, 1.807) is 0 Å². The fourth-order valence-electron chi connectivity index (χ4n) is 2.46. The molecule has 14 heavy (non-hydrogen) atoms. The van der Waals surface area contributed by atoms with E-state index >= 15 is 0 Å². The van der Waals surface area contributed by atoms with E-state index in [0.29, 0.717) is 13.2 Å². The fraction of sp³-hybridized carbons (Fsp3) is 0.900. The molecule has 4 nitrogen and oxygen atoms in total. The Morgan fingerprint density at radius 2 is 2.07 bits per heavy atom. The van der Waals surface area contributed by atoms with E-state index in [2.05, 4.69) is 0 Å². The average Bonchev–Trinajstić information content (AvgIpc) is 2.50. The molecule has 1 saturated carbocycles. The Balaban J connectivity index is 2.03. The van der Waals surface area contributed by atoms with Crippen LogP contribution in [0.15, 0.2) is 0 Å². The minimum atomic E-state index is -0.756. The summed E-state index contributed by atoms with van der Waals surface area (Å²) in [4.78, 5) is 10.7. The van der Waals surface area contributed by atoms with Gasteiger partial charge in [-0.1, -0.05) is 0 Å². The molecule has 1 saturated heterocycles. The lowest BCUT2D eigenvalue weighted by atomic mass is 9.97. The number of ether oxygens (including phenoxy) is 2. The second kappa shape index (κ2) is 3.87. The second-order valence-electron chi connectivity index (χ2n) is 4.05. The normalized spacial score (nSPS) is 30.7. The van der Waals surface area contributed by atoms with E-state index in [0.717, 1.165) is 25.7 Å². The minimum Gasteiger partial charge on any atom is -0.481 e. The number of rotatable bonds is 2. The van der Waals surface area contributed by atoms with E-state index in [9.17, 15) is 4.79 Å². The molecule has 1 unspecified atom stereocenters. The summed E-state index contributed by atoms with van der Waals surface area (Å²) in [6.07, 6.45) is 3.86. The molecule has 1 aliphatic heterocycles. The standard InChI is InChI=1S/C10H16O4/c11-9(12)7-8-3-1-4-10(8)13-5-2-6-14-10/h8H,1-7H2,(H,11,12). The molecule has 0 radical (unpaired) electrons. The predicted molar refractivity (Wildman–Crippen MR) is 48.8 cm³/mol. The fourth-order valence-corrected chi connectivity index (χ4v) is 2.46. The summed E-state index contributed by atoms with van der Waals surface area (Å²) in [6, 6.07) is 0. The van der Waals surface area contributed by atoms with Crippen molar-refractivity contribution < 1.29 is 19.4 Å². The van der Waals surface area contributed by atoms with Crippen molar-refractivity contribution in [2.75, 3.05) is 13.2 Å². The number of carbonyl (C=O) groups is 1. The Hall–Kier alpha value is -0.610. The van der Waals surface area contributed by atoms with Crippen LogP contribution in [-0.4, -0.2) is 30.1 Å². The zero-order valence-electron chi connectivity index (χ0n) is 8.20. The Morgan fingerprint density at radius 3 is 2.71 bits per heavy atom. The SMILES string of the molecule is O=C(O)CC1CCCC12OCCCO2. The van der Waals surface area contributed by atoms with Crippen LogP contribution < -0.4 is 0 Å². The van der Waals surface area contributed by atoms with Gasteiger partial charge in [0, 0.05) is 12.3 Å². The van der Waals surface area contributed by atoms with Crippen molar-refractivity contribution in [3.63, 3.8) is 0 Å². The molecule has 0 amide bonds. The van der Waals surface area contributed by atoms with Crippen LogP contribution in [0.5, 0.6) is 0 Å². The maximum Gasteiger partial charge on any atom is 0.303 e. The molecule has 1 aliphatic carbocycles. The smallest absolute Gasteiger partial charge is 0.303 e. The molecular weight excluding hydrogens is 184 g/mol. The maximum atomic E-state index is 10.7. The number of hydrogen-bond acceptors (Lipinski definition) is 3. The second-order valence-corrected chi connectivity index (χ2v) is 4.05. The molecule has 1 N–H and O–H groups in total. The van der Waals surface area contributed by atoms with Gasteiger partial charge < -0.3 is 14.6 Å². The van der Waals surface area contributed by atoms with Gasteiger partial charge in [-0.2, -0.15) is 0 Å². The van der Waals surface area contributed by atoms with E-state index in [4.69, 9.17) is 14.6 Å². The lowest BCUT2D eigenvalue weighted by Crippen LogP contribution is -2.44. The summed E-state index contributed by atoms with van der Waals surface area (Å²) in [5.41, 5.74) is 0. The third-order valence-corrected chi connectivity index (χ3v) is 3.10. The zero-order valence-corrected chi connectivity index (χ0v) is 8.20. The zero-order chi connectivity index (χ0) is 10.0. The highest BCUT2D eigenvalue weighted by Gasteiger charge is 2.47. The third kappa shape index (κ3) is 1.77. The van der Waals surface area contributed by atoms with E-state index in [-0.39, 0.29) is 12.3 Å². The molecule has 1 heterocycles. The Bertz CT molecular complexity index is 220. The van der Waals surface area contributed by atoms with Crippen molar-refractivity contribution in [1.29, 1.82) is 0 Å². The number of hydrogen-bond donors (Lipinski definition) is 1. The molecule has 2 aliphatic rings. The van der Waals surface area contributed by atoms with Gasteiger partial charge in [0.05, 0.1) is 19.6 Å². The van der Waals surface area contributed by atoms with Gasteiger partial charge in [0.1, 0.15) is 0 Å². The van der Waals surface area contributed by atoms with E-state index in [1.807, 2.05) is 0 Å². The van der Waals surface area contributed by atoms with Gasteiger partial charge in [0.15, 0.2) is 5.79 Å². The molecule has 2 rings (SSSR count). The summed E-state index contributed by atoms with van der Waals surface area (Å²) in [6.45, 7) is 1.41. The molecule has 0 aromatic rings. The summed E-state index contributed by atoms with van der Waals surface area (Å²) >= 11 is 0.